The summed E-state index contributed by atoms with van der Waals surface area (Å²) in [7, 11) is 2.02. The molecule has 0 aromatic carbocycles. The van der Waals surface area contributed by atoms with E-state index in [0.717, 1.165) is 39.3 Å². The van der Waals surface area contributed by atoms with Gasteiger partial charge in [0, 0.05) is 25.6 Å². The molecule has 2 heterocycles. The topological polar surface area (TPSA) is 84.3 Å². The molecule has 2 aromatic heterocycles. The molecule has 0 bridgehead atoms. The molecule has 0 aliphatic heterocycles. The van der Waals surface area contributed by atoms with Crippen LogP contribution in [0, 0.1) is 4.77 Å². The van der Waals surface area contributed by atoms with Gasteiger partial charge in [-0.3, -0.25) is 4.79 Å². The minimum atomic E-state index is -0.220. The van der Waals surface area contributed by atoms with Crippen molar-refractivity contribution < 1.29 is 9.53 Å². The van der Waals surface area contributed by atoms with E-state index in [1.807, 2.05) is 14.0 Å². The maximum Gasteiger partial charge on any atom is 0.222 e. The van der Waals surface area contributed by atoms with Gasteiger partial charge in [0.25, 0.3) is 0 Å². The molecule has 2 aromatic rings. The first-order chi connectivity index (χ1) is 12.4. The van der Waals surface area contributed by atoms with Gasteiger partial charge in [-0.25, -0.2) is 9.98 Å². The highest BCUT2D eigenvalue weighted by Gasteiger charge is 2.14. The van der Waals surface area contributed by atoms with Crippen LogP contribution in [0.2, 0.25) is 0 Å². The summed E-state index contributed by atoms with van der Waals surface area (Å²) in [5.41, 5.74) is 2.92. The second-order valence-electron chi connectivity index (χ2n) is 5.54. The van der Waals surface area contributed by atoms with Crippen molar-refractivity contribution >= 4 is 35.1 Å². The van der Waals surface area contributed by atoms with Gasteiger partial charge < -0.3 is 19.6 Å². The van der Waals surface area contributed by atoms with E-state index in [1.165, 1.54) is 6.92 Å². The second kappa shape index (κ2) is 8.66. The van der Waals surface area contributed by atoms with Crippen molar-refractivity contribution in [1.82, 2.24) is 19.9 Å². The summed E-state index contributed by atoms with van der Waals surface area (Å²) in [5.74, 6) is 1.33. The number of allylic oxidation sites excluding steroid dienone is 2. The minimum absolute atomic E-state index is 0.220. The first-order valence-electron chi connectivity index (χ1n) is 8.24. The molecule has 26 heavy (non-hydrogen) atoms. The molecule has 0 atom stereocenters. The number of fused-ring (bicyclic) bond motifs is 1. The Labute approximate surface area is 156 Å². The van der Waals surface area contributed by atoms with Crippen molar-refractivity contribution in [3.8, 4) is 5.75 Å². The van der Waals surface area contributed by atoms with E-state index in [9.17, 15) is 4.79 Å². The molecule has 0 saturated carbocycles. The highest BCUT2D eigenvalue weighted by molar-refractivity contribution is 7.90. The summed E-state index contributed by atoms with van der Waals surface area (Å²) in [6.45, 7) is 8.82. The van der Waals surface area contributed by atoms with Crippen molar-refractivity contribution in [3.05, 3.63) is 40.3 Å². The lowest BCUT2D eigenvalue weighted by Crippen LogP contribution is -2.18. The Kier molecular flexibility index (Phi) is 6.57. The van der Waals surface area contributed by atoms with Gasteiger partial charge in [-0.05, 0) is 32.4 Å². The first-order valence-corrected chi connectivity index (χ1v) is 9.58. The van der Waals surface area contributed by atoms with Crippen LogP contribution in [-0.4, -0.2) is 33.4 Å². The van der Waals surface area contributed by atoms with Crippen LogP contribution in [0.3, 0.4) is 0 Å². The molecule has 0 unspecified atom stereocenters. The van der Waals surface area contributed by atoms with E-state index < -0.39 is 0 Å². The van der Waals surface area contributed by atoms with E-state index in [2.05, 4.69) is 44.7 Å². The number of nitrogens with one attached hydrogen (secondary N) is 2. The summed E-state index contributed by atoms with van der Waals surface area (Å²) >= 11 is 1.14. The van der Waals surface area contributed by atoms with Crippen molar-refractivity contribution in [2.45, 2.75) is 27.2 Å². The lowest BCUT2D eigenvalue weighted by molar-refractivity contribution is -0.118. The summed E-state index contributed by atoms with van der Waals surface area (Å²) in [6, 6.07) is 0. The average Bonchev–Trinajstić information content (AvgIpc) is 2.96. The van der Waals surface area contributed by atoms with Crippen LogP contribution in [0.4, 0.5) is 0 Å². The zero-order valence-corrected chi connectivity index (χ0v) is 16.6. The van der Waals surface area contributed by atoms with Crippen LogP contribution >= 0.6 is 11.4 Å². The number of aromatic amines is 1. The maximum atomic E-state index is 11.2. The van der Waals surface area contributed by atoms with Crippen LogP contribution in [0.1, 0.15) is 26.3 Å². The Balaban J connectivity index is 2.49. The van der Waals surface area contributed by atoms with Gasteiger partial charge in [0.15, 0.2) is 11.4 Å². The lowest BCUT2D eigenvalue weighted by atomic mass is 10.1. The van der Waals surface area contributed by atoms with Crippen molar-refractivity contribution in [2.75, 3.05) is 6.26 Å². The SMILES string of the molecule is C=N/C(=C\C(=C/C)Oc1cnc2[nH]/c(=[SH]\C)n(C)c2c1CC)NC(C)=O. The fraction of sp³-hybridized carbons (Fsp3) is 0.333. The molecular weight excluding hydrogens is 350 g/mol. The highest BCUT2D eigenvalue weighted by atomic mass is 32.1. The maximum absolute atomic E-state index is 11.2. The number of ether oxygens (including phenoxy) is 1. The number of amides is 1. The number of nitrogens with zero attached hydrogens (tertiary/aromatic N) is 3. The summed E-state index contributed by atoms with van der Waals surface area (Å²) < 4.78 is 9.24. The molecule has 0 fully saturated rings. The third-order valence-corrected chi connectivity index (χ3v) is 4.67. The number of imidazole rings is 1. The second-order valence-corrected chi connectivity index (χ2v) is 6.42. The van der Waals surface area contributed by atoms with E-state index in [0.29, 0.717) is 17.3 Å². The Morgan fingerprint density at radius 2 is 2.31 bits per heavy atom. The molecule has 0 spiro atoms. The highest BCUT2D eigenvalue weighted by Crippen LogP contribution is 2.28. The number of hydrogen-bond acceptors (Lipinski definition) is 4. The number of carbonyl (C=O) groups is 1. The number of hydrogen-bond donors (Lipinski definition) is 3. The quantitative estimate of drug-likeness (QED) is 0.239. The largest absolute Gasteiger partial charge is 0.456 e. The molecule has 2 rings (SSSR count). The van der Waals surface area contributed by atoms with Crippen LogP contribution in [0.25, 0.3) is 11.2 Å². The van der Waals surface area contributed by atoms with Gasteiger partial charge >= 0.3 is 0 Å². The van der Waals surface area contributed by atoms with Crippen LogP contribution in [-0.2, 0) is 18.3 Å². The molecule has 0 saturated heterocycles. The van der Waals surface area contributed by atoms with E-state index in [-0.39, 0.29) is 5.91 Å². The summed E-state index contributed by atoms with van der Waals surface area (Å²) in [5, 5.41) is 2.60. The van der Waals surface area contributed by atoms with Gasteiger partial charge in [0.1, 0.15) is 16.4 Å². The number of H-pyrrole nitrogens is 1. The van der Waals surface area contributed by atoms with E-state index in [1.54, 1.807) is 18.3 Å². The fourth-order valence-corrected chi connectivity index (χ4v) is 3.26. The van der Waals surface area contributed by atoms with E-state index in [4.69, 9.17) is 4.74 Å². The number of aromatic nitrogens is 3. The Morgan fingerprint density at radius 3 is 2.85 bits per heavy atom. The first kappa shape index (κ1) is 19.7. The van der Waals surface area contributed by atoms with Crippen LogP contribution in [0.15, 0.2) is 34.9 Å². The normalized spacial score (nSPS) is 13.5. The number of thiol groups is 1. The molecule has 1 amide bonds. The number of rotatable bonds is 6. The number of aryl methyl sites for hydroxylation is 2. The van der Waals surface area contributed by atoms with E-state index >= 15 is 0 Å². The van der Waals surface area contributed by atoms with Crippen molar-refractivity contribution in [2.24, 2.45) is 12.0 Å². The molecule has 2 N–H and O–H groups in total. The van der Waals surface area contributed by atoms with Gasteiger partial charge in [-0.15, -0.1) is 0 Å². The Hall–Kier alpha value is -2.61. The average molecular weight is 375 g/mol. The Morgan fingerprint density at radius 1 is 1.58 bits per heavy atom. The summed E-state index contributed by atoms with van der Waals surface area (Å²) in [4.78, 5) is 22.9. The van der Waals surface area contributed by atoms with Gasteiger partial charge in [0.2, 0.25) is 5.91 Å². The molecule has 8 heteroatoms. The summed E-state index contributed by atoms with van der Waals surface area (Å²) in [6.07, 6.45) is 8.00. The van der Waals surface area contributed by atoms with Crippen LogP contribution in [0.5, 0.6) is 5.75 Å². The Bertz CT molecular complexity index is 966. The smallest absolute Gasteiger partial charge is 0.222 e. The van der Waals surface area contributed by atoms with Gasteiger partial charge in [-0.1, -0.05) is 6.92 Å². The third-order valence-electron chi connectivity index (χ3n) is 3.83. The van der Waals surface area contributed by atoms with Crippen molar-refractivity contribution in [1.29, 1.82) is 0 Å². The number of pyridine rings is 1. The number of aliphatic imine (C=N–C) groups is 1. The van der Waals surface area contributed by atoms with Crippen LogP contribution < -0.4 is 10.1 Å². The van der Waals surface area contributed by atoms with Gasteiger partial charge in [0.05, 0.1) is 11.7 Å². The molecule has 140 valence electrons. The molecule has 0 aliphatic carbocycles. The molecule has 0 radical (unpaired) electrons. The molecule has 7 nitrogen and oxygen atoms in total. The van der Waals surface area contributed by atoms with Crippen molar-refractivity contribution in [3.63, 3.8) is 0 Å². The predicted molar refractivity (Wildman–Crippen MR) is 108 cm³/mol. The molecule has 0 aliphatic rings. The fourth-order valence-electron chi connectivity index (χ4n) is 2.64. The van der Waals surface area contributed by atoms with Gasteiger partial charge in [-0.2, -0.15) is 11.4 Å². The standard InChI is InChI=1S/C18H25N5O2S/c1-7-12(9-15(19-4)21-11(3)24)25-14-10-20-17-16(13(14)8-2)23(5)18(22-17)26-6/h7,9-10,26H,4,8H2,1-3,5-6H3,(H,20,22)(H,21,24)/b12-7+,15-9+. The zero-order chi connectivity index (χ0) is 19.3. The lowest BCUT2D eigenvalue weighted by Gasteiger charge is -2.12. The monoisotopic (exact) mass is 375 g/mol. The minimum Gasteiger partial charge on any atom is -0.456 e. The third kappa shape index (κ3) is 4.13. The predicted octanol–water partition coefficient (Wildman–Crippen LogP) is 3.05. The zero-order valence-electron chi connectivity index (χ0n) is 15.8. The molecular formula is C18H25N5O2S. The number of carbonyl (C=O) groups excluding carboxylic acids is 1.